The molecule has 1 atom stereocenters. The van der Waals surface area contributed by atoms with Crippen molar-refractivity contribution in [3.63, 3.8) is 0 Å². The van der Waals surface area contributed by atoms with E-state index in [1.165, 1.54) is 35.4 Å². The summed E-state index contributed by atoms with van der Waals surface area (Å²) in [6, 6.07) is 7.07. The van der Waals surface area contributed by atoms with Gasteiger partial charge in [-0.3, -0.25) is 14.3 Å². The van der Waals surface area contributed by atoms with Gasteiger partial charge in [0.2, 0.25) is 0 Å². The zero-order chi connectivity index (χ0) is 23.9. The maximum atomic E-state index is 13.3. The zero-order valence-electron chi connectivity index (χ0n) is 18.3. The summed E-state index contributed by atoms with van der Waals surface area (Å²) in [7, 11) is 0. The van der Waals surface area contributed by atoms with Gasteiger partial charge in [0.1, 0.15) is 11.5 Å². The summed E-state index contributed by atoms with van der Waals surface area (Å²) in [5.41, 5.74) is 3.72. The minimum Gasteiger partial charge on any atom is -0.383 e. The van der Waals surface area contributed by atoms with Crippen LogP contribution in [0.5, 0.6) is 0 Å². The molecule has 0 saturated carbocycles. The molecule has 2 N–H and O–H groups in total. The molecule has 0 unspecified atom stereocenters. The lowest BCUT2D eigenvalue weighted by Gasteiger charge is -2.32. The number of anilines is 2. The molecule has 3 heterocycles. The van der Waals surface area contributed by atoms with Crippen LogP contribution in [0, 0.1) is 6.92 Å². The highest BCUT2D eigenvalue weighted by atomic mass is 32.2. The average Bonchev–Trinajstić information content (AvgIpc) is 3.16. The Kier molecular flexibility index (Phi) is 7.32. The second kappa shape index (κ2) is 9.71. The van der Waals surface area contributed by atoms with Crippen LogP contribution in [0.3, 0.4) is 0 Å². The monoisotopic (exact) mass is 509 g/mol. The van der Waals surface area contributed by atoms with Crippen molar-refractivity contribution in [3.05, 3.63) is 65.1 Å². The van der Waals surface area contributed by atoms with Crippen LogP contribution < -0.4 is 10.6 Å². The standard InChI is InChI=1S/C22H20F3N5O2S.H2S/c1-12-7-17(20(26)27-9-12)18(31)8-14-10-28-30-13(2)11-29(21(32)19(14)30)15-3-5-16(6-4-15)33-22(23,24)25;/h3-7,9-10,13H,8,11H2,1-2H3,(H2,26,27);1H2/t13-;/m0./s1. The maximum absolute atomic E-state index is 13.3. The van der Waals surface area contributed by atoms with E-state index < -0.39 is 5.51 Å². The Balaban J connectivity index is 0.00000324. The Morgan fingerprint density at radius 3 is 2.56 bits per heavy atom. The summed E-state index contributed by atoms with van der Waals surface area (Å²) in [4.78, 5) is 31.7. The number of rotatable bonds is 5. The number of nitrogen functional groups attached to an aromatic ring is 1. The highest BCUT2D eigenvalue weighted by Gasteiger charge is 2.34. The second-order valence-corrected chi connectivity index (χ2v) is 8.95. The molecule has 0 saturated heterocycles. The van der Waals surface area contributed by atoms with Crippen molar-refractivity contribution < 1.29 is 22.8 Å². The molecule has 180 valence electrons. The van der Waals surface area contributed by atoms with Gasteiger partial charge < -0.3 is 10.6 Å². The molecule has 1 amide bonds. The van der Waals surface area contributed by atoms with Crippen LogP contribution in [-0.2, 0) is 6.42 Å². The van der Waals surface area contributed by atoms with Gasteiger partial charge in [0, 0.05) is 35.3 Å². The van der Waals surface area contributed by atoms with Crippen molar-refractivity contribution in [1.29, 1.82) is 0 Å². The summed E-state index contributed by atoms with van der Waals surface area (Å²) >= 11 is -0.214. The summed E-state index contributed by atoms with van der Waals surface area (Å²) < 4.78 is 39.4. The van der Waals surface area contributed by atoms with Crippen molar-refractivity contribution in [2.45, 2.75) is 36.7 Å². The number of carbonyl (C=O) groups is 2. The lowest BCUT2D eigenvalue weighted by Crippen LogP contribution is -2.43. The highest BCUT2D eigenvalue weighted by molar-refractivity contribution is 8.00. The zero-order valence-corrected chi connectivity index (χ0v) is 20.1. The predicted molar refractivity (Wildman–Crippen MR) is 129 cm³/mol. The largest absolute Gasteiger partial charge is 0.446 e. The predicted octanol–water partition coefficient (Wildman–Crippen LogP) is 4.54. The number of Topliss-reactive ketones (excluding diaryl/α,β-unsaturated/α-hetero) is 1. The molecule has 2 aromatic heterocycles. The number of carbonyl (C=O) groups excluding carboxylic acids is 2. The van der Waals surface area contributed by atoms with Crippen molar-refractivity contribution in [2.24, 2.45) is 0 Å². The van der Waals surface area contributed by atoms with E-state index in [2.05, 4.69) is 10.1 Å². The van der Waals surface area contributed by atoms with Gasteiger partial charge in [0.05, 0.1) is 17.8 Å². The molecule has 0 bridgehead atoms. The number of halogens is 3. The summed E-state index contributed by atoms with van der Waals surface area (Å²) in [5.74, 6) is -0.546. The van der Waals surface area contributed by atoms with Crippen LogP contribution in [0.15, 0.2) is 47.6 Å². The van der Waals surface area contributed by atoms with E-state index in [9.17, 15) is 22.8 Å². The number of ketones is 1. The molecule has 12 heteroatoms. The first kappa shape index (κ1) is 25.6. The molecule has 0 radical (unpaired) electrons. The number of aromatic nitrogens is 3. The number of fused-ring (bicyclic) bond motifs is 1. The number of pyridine rings is 1. The summed E-state index contributed by atoms with van der Waals surface area (Å²) in [5, 5.41) is 4.30. The molecule has 3 aromatic rings. The number of amides is 1. The van der Waals surface area contributed by atoms with Crippen LogP contribution in [0.4, 0.5) is 24.7 Å². The Labute approximate surface area is 205 Å². The van der Waals surface area contributed by atoms with Crippen LogP contribution in [0.25, 0.3) is 0 Å². The van der Waals surface area contributed by atoms with Gasteiger partial charge in [-0.05, 0) is 61.5 Å². The molecule has 4 rings (SSSR count). The first-order valence-electron chi connectivity index (χ1n) is 10.0. The number of benzene rings is 1. The average molecular weight is 510 g/mol. The fourth-order valence-electron chi connectivity index (χ4n) is 3.77. The van der Waals surface area contributed by atoms with Crippen LogP contribution in [0.1, 0.15) is 44.9 Å². The third-order valence-electron chi connectivity index (χ3n) is 5.27. The van der Waals surface area contributed by atoms with Gasteiger partial charge in [-0.2, -0.15) is 31.8 Å². The second-order valence-electron chi connectivity index (χ2n) is 7.81. The van der Waals surface area contributed by atoms with Gasteiger partial charge in [0.15, 0.2) is 5.78 Å². The molecule has 34 heavy (non-hydrogen) atoms. The number of hydrogen-bond acceptors (Lipinski definition) is 6. The lowest BCUT2D eigenvalue weighted by atomic mass is 10.0. The number of thioether (sulfide) groups is 1. The first-order chi connectivity index (χ1) is 15.5. The van der Waals surface area contributed by atoms with Crippen LogP contribution in [-0.4, -0.2) is 38.5 Å². The van der Waals surface area contributed by atoms with Gasteiger partial charge in [-0.25, -0.2) is 4.98 Å². The van der Waals surface area contributed by atoms with Crippen molar-refractivity contribution in [3.8, 4) is 0 Å². The van der Waals surface area contributed by atoms with E-state index in [4.69, 9.17) is 5.73 Å². The molecule has 0 aliphatic carbocycles. The SMILES string of the molecule is Cc1cnc(N)c(C(=O)Cc2cnn3c2C(=O)N(c2ccc(SC(F)(F)F)cc2)C[C@@H]3C)c1.S. The number of hydrogen-bond donors (Lipinski definition) is 1. The minimum atomic E-state index is -4.39. The maximum Gasteiger partial charge on any atom is 0.446 e. The molecule has 1 aliphatic rings. The quantitative estimate of drug-likeness (QED) is 0.401. The summed E-state index contributed by atoms with van der Waals surface area (Å²) in [6.45, 7) is 3.96. The topological polar surface area (TPSA) is 94.1 Å². The number of aryl methyl sites for hydroxylation is 1. The molecule has 0 fully saturated rings. The van der Waals surface area contributed by atoms with E-state index >= 15 is 0 Å². The van der Waals surface area contributed by atoms with Crippen LogP contribution in [0.2, 0.25) is 0 Å². The molecular weight excluding hydrogens is 487 g/mol. The summed E-state index contributed by atoms with van der Waals surface area (Å²) in [6.07, 6.45) is 2.97. The van der Waals surface area contributed by atoms with Gasteiger partial charge in [0.25, 0.3) is 5.91 Å². The smallest absolute Gasteiger partial charge is 0.383 e. The van der Waals surface area contributed by atoms with Crippen molar-refractivity contribution in [1.82, 2.24) is 14.8 Å². The van der Waals surface area contributed by atoms with E-state index in [1.807, 2.05) is 6.92 Å². The molecule has 7 nitrogen and oxygen atoms in total. The van der Waals surface area contributed by atoms with E-state index in [1.54, 1.807) is 23.9 Å². The first-order valence-corrected chi connectivity index (χ1v) is 10.8. The third-order valence-corrected chi connectivity index (χ3v) is 6.01. The Bertz CT molecular complexity index is 1230. The lowest BCUT2D eigenvalue weighted by molar-refractivity contribution is -0.0328. The minimum absolute atomic E-state index is 0. The van der Waals surface area contributed by atoms with E-state index in [0.717, 1.165) is 5.56 Å². The molecule has 1 aliphatic heterocycles. The Morgan fingerprint density at radius 1 is 1.24 bits per heavy atom. The molecule has 0 spiro atoms. The molecule has 1 aromatic carbocycles. The van der Waals surface area contributed by atoms with Gasteiger partial charge in [-0.15, -0.1) is 0 Å². The normalized spacial score (nSPS) is 15.6. The highest BCUT2D eigenvalue weighted by Crippen LogP contribution is 2.38. The van der Waals surface area contributed by atoms with E-state index in [-0.39, 0.29) is 71.4 Å². The molecular formula is C22H22F3N5O2S2. The van der Waals surface area contributed by atoms with Crippen molar-refractivity contribution in [2.75, 3.05) is 17.2 Å². The van der Waals surface area contributed by atoms with Crippen molar-refractivity contribution >= 4 is 48.5 Å². The van der Waals surface area contributed by atoms with Gasteiger partial charge >= 0.3 is 5.51 Å². The Hall–Kier alpha value is -2.99. The fraction of sp³-hybridized carbons (Fsp3) is 0.273. The number of nitrogens with zero attached hydrogens (tertiary/aromatic N) is 4. The number of nitrogens with two attached hydrogens (primary N) is 1. The van der Waals surface area contributed by atoms with Gasteiger partial charge in [-0.1, -0.05) is 0 Å². The van der Waals surface area contributed by atoms with Crippen LogP contribution >= 0.6 is 25.3 Å². The number of alkyl halides is 3. The third kappa shape index (κ3) is 5.22. The Morgan fingerprint density at radius 2 is 1.91 bits per heavy atom. The van der Waals surface area contributed by atoms with E-state index in [0.29, 0.717) is 17.8 Å². The fourth-order valence-corrected chi connectivity index (χ4v) is 4.31.